The summed E-state index contributed by atoms with van der Waals surface area (Å²) in [5, 5.41) is 11.3. The molecule has 1 aliphatic heterocycles. The summed E-state index contributed by atoms with van der Waals surface area (Å²) in [5.74, 6) is 0.186. The summed E-state index contributed by atoms with van der Waals surface area (Å²) in [6.45, 7) is 6.28. The number of carbonyl (C=O) groups is 1. The largest absolute Gasteiger partial charge is 0.418 e. The van der Waals surface area contributed by atoms with Gasteiger partial charge in [-0.1, -0.05) is 30.3 Å². The molecule has 4 aromatic rings. The molecule has 1 aromatic carbocycles. The summed E-state index contributed by atoms with van der Waals surface area (Å²) < 4.78 is 12.7. The number of amides is 1. The van der Waals surface area contributed by atoms with Crippen LogP contribution in [0.4, 0.5) is 0 Å². The number of ether oxygens (including phenoxy) is 1. The molecule has 0 bridgehead atoms. The minimum Gasteiger partial charge on any atom is -0.418 e. The van der Waals surface area contributed by atoms with Crippen molar-refractivity contribution >= 4 is 11.6 Å². The lowest BCUT2D eigenvalue weighted by atomic mass is 10.1. The third-order valence-electron chi connectivity index (χ3n) is 5.68. The van der Waals surface area contributed by atoms with Crippen molar-refractivity contribution < 1.29 is 13.9 Å². The molecule has 0 saturated carbocycles. The lowest BCUT2D eigenvalue weighted by Gasteiger charge is -2.32. The molecule has 10 nitrogen and oxygen atoms in total. The molecule has 3 aromatic heterocycles. The summed E-state index contributed by atoms with van der Waals surface area (Å²) in [7, 11) is 0. The highest BCUT2D eigenvalue weighted by molar-refractivity contribution is 5.80. The van der Waals surface area contributed by atoms with Gasteiger partial charge in [0.05, 0.1) is 18.9 Å². The number of benzene rings is 1. The fraction of sp³-hybridized carbons (Fsp3) is 0.318. The minimum atomic E-state index is -0.486. The second-order valence-corrected chi connectivity index (χ2v) is 7.76. The van der Waals surface area contributed by atoms with Gasteiger partial charge in [-0.25, -0.2) is 9.50 Å². The zero-order valence-corrected chi connectivity index (χ0v) is 18.0. The zero-order valence-electron chi connectivity index (χ0n) is 18.0. The zero-order chi connectivity index (χ0) is 22.4. The van der Waals surface area contributed by atoms with Crippen molar-refractivity contribution in [3.05, 3.63) is 58.0 Å². The van der Waals surface area contributed by atoms with E-state index in [2.05, 4.69) is 20.3 Å². The molecule has 1 amide bonds. The van der Waals surface area contributed by atoms with E-state index >= 15 is 0 Å². The molecule has 1 fully saturated rings. The number of nitrogens with one attached hydrogen (secondary N) is 1. The summed E-state index contributed by atoms with van der Waals surface area (Å²) in [5.41, 5.74) is 3.53. The van der Waals surface area contributed by atoms with E-state index in [1.807, 2.05) is 37.3 Å². The Labute approximate surface area is 182 Å². The predicted octanol–water partition coefficient (Wildman–Crippen LogP) is 2.28. The lowest BCUT2D eigenvalue weighted by molar-refractivity contribution is -0.138. The van der Waals surface area contributed by atoms with Gasteiger partial charge in [0.25, 0.3) is 11.4 Å². The van der Waals surface area contributed by atoms with Crippen LogP contribution in [0.15, 0.2) is 39.5 Å². The number of fused-ring (bicyclic) bond motifs is 1. The van der Waals surface area contributed by atoms with E-state index in [1.165, 1.54) is 11.4 Å². The van der Waals surface area contributed by atoms with Gasteiger partial charge in [0.1, 0.15) is 11.6 Å². The third kappa shape index (κ3) is 3.19. The Morgan fingerprint density at radius 1 is 1.16 bits per heavy atom. The van der Waals surface area contributed by atoms with Crippen LogP contribution in [0.1, 0.15) is 30.2 Å². The topological polar surface area (TPSA) is 119 Å². The first-order valence-corrected chi connectivity index (χ1v) is 10.3. The smallest absolute Gasteiger partial charge is 0.285 e. The molecule has 1 saturated heterocycles. The van der Waals surface area contributed by atoms with E-state index in [1.54, 1.807) is 11.8 Å². The molecule has 1 unspecified atom stereocenters. The fourth-order valence-electron chi connectivity index (χ4n) is 4.14. The van der Waals surface area contributed by atoms with Gasteiger partial charge >= 0.3 is 0 Å². The van der Waals surface area contributed by atoms with Crippen molar-refractivity contribution in [2.24, 2.45) is 0 Å². The van der Waals surface area contributed by atoms with E-state index in [9.17, 15) is 9.59 Å². The van der Waals surface area contributed by atoms with Gasteiger partial charge in [0.2, 0.25) is 11.8 Å². The number of H-pyrrole nitrogens is 1. The molecule has 5 rings (SSSR count). The monoisotopic (exact) mass is 434 g/mol. The number of aryl methyl sites for hydroxylation is 2. The molecule has 1 N–H and O–H groups in total. The van der Waals surface area contributed by atoms with E-state index in [0.29, 0.717) is 24.5 Å². The van der Waals surface area contributed by atoms with Crippen LogP contribution in [0.5, 0.6) is 0 Å². The van der Waals surface area contributed by atoms with Crippen molar-refractivity contribution in [1.29, 1.82) is 0 Å². The van der Waals surface area contributed by atoms with Crippen LogP contribution >= 0.6 is 0 Å². The van der Waals surface area contributed by atoms with Gasteiger partial charge in [-0.05, 0) is 19.4 Å². The first kappa shape index (κ1) is 20.1. The molecule has 10 heteroatoms. The highest BCUT2D eigenvalue weighted by Gasteiger charge is 2.32. The highest BCUT2D eigenvalue weighted by atomic mass is 16.5. The molecule has 1 aliphatic rings. The second-order valence-electron chi connectivity index (χ2n) is 7.76. The molecule has 0 aliphatic carbocycles. The Hall–Kier alpha value is -3.79. The Kier molecular flexibility index (Phi) is 4.86. The Balaban J connectivity index is 1.61. The van der Waals surface area contributed by atoms with Crippen LogP contribution in [-0.4, -0.2) is 55.4 Å². The standard InChI is InChI=1S/C22H22N6O4/c1-12-18(21-25-24-20(32-21)16-11-31-10-9-27(16)14(3)29)22(30)28-19(23-12)17(13(2)26-28)15-7-5-4-6-8-15/h4-8,16,26H,9-11H2,1-3H3. The maximum Gasteiger partial charge on any atom is 0.285 e. The molecule has 1 atom stereocenters. The quantitative estimate of drug-likeness (QED) is 0.525. The van der Waals surface area contributed by atoms with Crippen LogP contribution in [-0.2, 0) is 9.53 Å². The van der Waals surface area contributed by atoms with Crippen LogP contribution in [0.2, 0.25) is 0 Å². The number of morpholine rings is 1. The first-order valence-electron chi connectivity index (χ1n) is 10.3. The first-order chi connectivity index (χ1) is 15.5. The van der Waals surface area contributed by atoms with Gasteiger partial charge in [0, 0.05) is 24.7 Å². The maximum atomic E-state index is 13.4. The molecular formula is C22H22N6O4. The lowest BCUT2D eigenvalue weighted by Crippen LogP contribution is -2.42. The molecule has 0 spiro atoms. The van der Waals surface area contributed by atoms with Crippen LogP contribution in [0, 0.1) is 13.8 Å². The molecule has 4 heterocycles. The Bertz CT molecular complexity index is 1370. The number of carbonyl (C=O) groups excluding carboxylic acids is 1. The number of aromatic nitrogens is 5. The third-order valence-corrected chi connectivity index (χ3v) is 5.68. The van der Waals surface area contributed by atoms with Crippen molar-refractivity contribution in [2.45, 2.75) is 26.8 Å². The van der Waals surface area contributed by atoms with Crippen LogP contribution in [0.3, 0.4) is 0 Å². The fourth-order valence-corrected chi connectivity index (χ4v) is 4.14. The second kappa shape index (κ2) is 7.72. The van der Waals surface area contributed by atoms with Gasteiger partial charge < -0.3 is 14.1 Å². The maximum absolute atomic E-state index is 13.4. The van der Waals surface area contributed by atoms with Gasteiger partial charge in [-0.2, -0.15) is 0 Å². The number of rotatable bonds is 3. The van der Waals surface area contributed by atoms with Gasteiger partial charge in [0.15, 0.2) is 5.65 Å². The molecule has 0 radical (unpaired) electrons. The van der Waals surface area contributed by atoms with Gasteiger partial charge in [-0.3, -0.25) is 14.7 Å². The summed E-state index contributed by atoms with van der Waals surface area (Å²) in [4.78, 5) is 31.7. The van der Waals surface area contributed by atoms with E-state index in [0.717, 1.165) is 16.8 Å². The summed E-state index contributed by atoms with van der Waals surface area (Å²) in [6, 6.07) is 9.29. The summed E-state index contributed by atoms with van der Waals surface area (Å²) >= 11 is 0. The number of aromatic amines is 1. The van der Waals surface area contributed by atoms with Gasteiger partial charge in [-0.15, -0.1) is 10.2 Å². The minimum absolute atomic E-state index is 0.0620. The van der Waals surface area contributed by atoms with Crippen molar-refractivity contribution in [3.8, 4) is 22.6 Å². The van der Waals surface area contributed by atoms with Crippen molar-refractivity contribution in [3.63, 3.8) is 0 Å². The van der Waals surface area contributed by atoms with E-state index in [-0.39, 0.29) is 35.4 Å². The molecule has 32 heavy (non-hydrogen) atoms. The number of nitrogens with zero attached hydrogens (tertiary/aromatic N) is 5. The Morgan fingerprint density at radius 3 is 2.69 bits per heavy atom. The number of hydrogen-bond acceptors (Lipinski definition) is 7. The highest BCUT2D eigenvalue weighted by Crippen LogP contribution is 2.29. The van der Waals surface area contributed by atoms with E-state index < -0.39 is 6.04 Å². The van der Waals surface area contributed by atoms with Crippen molar-refractivity contribution in [1.82, 2.24) is 29.7 Å². The SMILES string of the molecule is CC(=O)N1CCOCC1c1nnc(-c2c(C)nc3c(-c4ccccc4)c(C)[nH]n3c2=O)o1. The van der Waals surface area contributed by atoms with E-state index in [4.69, 9.17) is 9.15 Å². The molecular weight excluding hydrogens is 412 g/mol. The Morgan fingerprint density at radius 2 is 1.94 bits per heavy atom. The molecule has 164 valence electrons. The predicted molar refractivity (Wildman–Crippen MR) is 115 cm³/mol. The van der Waals surface area contributed by atoms with Crippen molar-refractivity contribution in [2.75, 3.05) is 19.8 Å². The average Bonchev–Trinajstić information content (AvgIpc) is 3.39. The van der Waals surface area contributed by atoms with Crippen LogP contribution < -0.4 is 5.56 Å². The average molecular weight is 434 g/mol. The number of hydrogen-bond donors (Lipinski definition) is 1. The normalized spacial score (nSPS) is 16.6. The summed E-state index contributed by atoms with van der Waals surface area (Å²) in [6.07, 6.45) is 0. The van der Waals surface area contributed by atoms with Crippen LogP contribution in [0.25, 0.3) is 28.2 Å².